The van der Waals surface area contributed by atoms with E-state index in [0.717, 1.165) is 115 Å². The standard InChI is InChI=1S/C54H69N7O7/c1-6-60-44-19-18-38-28-40(44)41(48(60)39-16-10-22-55-46(39)34(2)66-5)29-53(3,4)33-68-52(65)42-17-11-23-61(57-42)50(63)43(27-35-12-9-15-37(38)26-35)56-49(62)47(36-13-7-8-14-36)58-24-20-54(31-58)21-25-59(32-54)51(64)45-30-67-45/h9-10,12,15-16,18-19,22,26,28,34,36,42-43,45,47,57H,6-8,11,13-14,17,20-21,23-25,27,29-33H2,1-5H3,(H,56,62)/t34-,42-,43-,45+,47?,54-/m0/s1. The number of hydrogen-bond acceptors (Lipinski definition) is 10. The van der Waals surface area contributed by atoms with Crippen LogP contribution in [0.15, 0.2) is 60.8 Å². The molecule has 362 valence electrons. The van der Waals surface area contributed by atoms with Crippen LogP contribution < -0.4 is 10.7 Å². The van der Waals surface area contributed by atoms with Crippen LogP contribution in [0.2, 0.25) is 0 Å². The van der Waals surface area contributed by atoms with Gasteiger partial charge in [-0.25, -0.2) is 5.43 Å². The molecule has 14 heteroatoms. The number of carbonyl (C=O) groups is 4. The lowest BCUT2D eigenvalue weighted by Crippen LogP contribution is -2.62. The van der Waals surface area contributed by atoms with Gasteiger partial charge >= 0.3 is 5.97 Å². The molecule has 1 saturated carbocycles. The fourth-order valence-corrected chi connectivity index (χ4v) is 12.3. The van der Waals surface area contributed by atoms with E-state index in [1.54, 1.807) is 12.1 Å². The van der Waals surface area contributed by atoms with E-state index in [0.29, 0.717) is 39.0 Å². The molecule has 10 rings (SSSR count). The van der Waals surface area contributed by atoms with Gasteiger partial charge in [0.25, 0.3) is 11.8 Å². The minimum Gasteiger partial charge on any atom is -0.464 e. The fraction of sp³-hybridized carbons (Fsp3) is 0.574. The molecular formula is C54H69N7O7. The molecule has 6 bridgehead atoms. The molecule has 2 aromatic carbocycles. The normalized spacial score (nSPS) is 26.5. The highest BCUT2D eigenvalue weighted by molar-refractivity contribution is 5.96. The Morgan fingerprint density at radius 2 is 1.76 bits per heavy atom. The minimum atomic E-state index is -0.894. The lowest BCUT2D eigenvalue weighted by molar-refractivity contribution is -0.155. The third-order valence-corrected chi connectivity index (χ3v) is 16.0. The van der Waals surface area contributed by atoms with Gasteiger partial charge in [-0.15, -0.1) is 0 Å². The topological polar surface area (TPSA) is 151 Å². The summed E-state index contributed by atoms with van der Waals surface area (Å²) >= 11 is 0. The zero-order chi connectivity index (χ0) is 47.3. The number of ether oxygens (including phenoxy) is 3. The molecule has 6 atom stereocenters. The van der Waals surface area contributed by atoms with Crippen molar-refractivity contribution in [1.82, 2.24) is 35.1 Å². The van der Waals surface area contributed by atoms with Gasteiger partial charge < -0.3 is 29.0 Å². The van der Waals surface area contributed by atoms with E-state index in [-0.39, 0.29) is 60.3 Å². The number of amides is 3. The summed E-state index contributed by atoms with van der Waals surface area (Å²) in [5.74, 6) is -0.520. The van der Waals surface area contributed by atoms with Gasteiger partial charge in [-0.1, -0.05) is 57.0 Å². The van der Waals surface area contributed by atoms with Gasteiger partial charge in [-0.05, 0) is 118 Å². The lowest BCUT2D eigenvalue weighted by Gasteiger charge is -2.37. The maximum atomic E-state index is 15.1. The summed E-state index contributed by atoms with van der Waals surface area (Å²) in [5.41, 5.74) is 10.9. The van der Waals surface area contributed by atoms with Gasteiger partial charge in [-0.2, -0.15) is 0 Å². The minimum absolute atomic E-state index is 0.0524. The van der Waals surface area contributed by atoms with E-state index in [9.17, 15) is 14.4 Å². The van der Waals surface area contributed by atoms with Crippen molar-refractivity contribution in [3.63, 3.8) is 0 Å². The Bertz CT molecular complexity index is 2560. The Balaban J connectivity index is 1.01. The molecule has 2 aromatic heterocycles. The Morgan fingerprint density at radius 1 is 0.971 bits per heavy atom. The number of esters is 1. The van der Waals surface area contributed by atoms with Gasteiger partial charge in [0.2, 0.25) is 5.91 Å². The number of hydrogen-bond donors (Lipinski definition) is 2. The Labute approximate surface area is 400 Å². The Kier molecular flexibility index (Phi) is 13.0. The number of cyclic esters (lactones) is 1. The zero-order valence-electron chi connectivity index (χ0n) is 40.6. The van der Waals surface area contributed by atoms with Crippen LogP contribution in [-0.2, 0) is 52.8 Å². The molecule has 7 heterocycles. The second-order valence-electron chi connectivity index (χ2n) is 21.4. The smallest absolute Gasteiger partial charge is 0.324 e. The molecule has 3 amide bonds. The highest BCUT2D eigenvalue weighted by atomic mass is 16.6. The van der Waals surface area contributed by atoms with Crippen LogP contribution in [-0.4, -0.2) is 125 Å². The molecule has 14 nitrogen and oxygen atoms in total. The summed E-state index contributed by atoms with van der Waals surface area (Å²) in [6, 6.07) is 17.1. The Hall–Kier alpha value is -5.15. The SMILES string of the molecule is CCn1c(-c2cccnc2[C@H](C)OC)c2c3cc(ccc31)-c1cccc(c1)C[C@H](NC(=O)C(C1CCCC1)N1CC[C@]3(CCN(C(=O)[C@H]4CO4)C3)C1)C(=O)N1CCC[C@H](N1)C(=O)OCC(C)(C)C2. The molecular weight excluding hydrogens is 859 g/mol. The molecule has 5 aliphatic heterocycles. The van der Waals surface area contributed by atoms with Crippen molar-refractivity contribution in [2.24, 2.45) is 16.7 Å². The maximum absolute atomic E-state index is 15.1. The zero-order valence-corrected chi connectivity index (χ0v) is 40.6. The molecule has 1 aliphatic carbocycles. The van der Waals surface area contributed by atoms with Crippen molar-refractivity contribution >= 4 is 34.6 Å². The molecule has 1 unspecified atom stereocenters. The molecule has 6 aliphatic rings. The third kappa shape index (κ3) is 9.21. The first-order chi connectivity index (χ1) is 32.8. The number of aryl methyl sites for hydroxylation is 1. The molecule has 68 heavy (non-hydrogen) atoms. The predicted octanol–water partition coefficient (Wildman–Crippen LogP) is 6.63. The van der Waals surface area contributed by atoms with Crippen molar-refractivity contribution < 1.29 is 33.4 Å². The number of nitrogens with zero attached hydrogens (tertiary/aromatic N) is 5. The van der Waals surface area contributed by atoms with Crippen LogP contribution in [0.3, 0.4) is 0 Å². The number of aromatic nitrogens is 2. The van der Waals surface area contributed by atoms with Crippen LogP contribution in [0.25, 0.3) is 33.3 Å². The molecule has 2 N–H and O–H groups in total. The van der Waals surface area contributed by atoms with Gasteiger partial charge in [0.1, 0.15) is 12.1 Å². The number of epoxide rings is 1. The van der Waals surface area contributed by atoms with Crippen molar-refractivity contribution in [2.45, 2.75) is 129 Å². The van der Waals surface area contributed by atoms with Crippen molar-refractivity contribution in [1.29, 1.82) is 0 Å². The molecule has 4 saturated heterocycles. The van der Waals surface area contributed by atoms with E-state index in [1.807, 2.05) is 36.2 Å². The second kappa shape index (κ2) is 19.0. The highest BCUT2D eigenvalue weighted by Crippen LogP contribution is 2.44. The molecule has 0 radical (unpaired) electrons. The largest absolute Gasteiger partial charge is 0.464 e. The summed E-state index contributed by atoms with van der Waals surface area (Å²) in [7, 11) is 1.71. The third-order valence-electron chi connectivity index (χ3n) is 16.0. The second-order valence-corrected chi connectivity index (χ2v) is 21.4. The van der Waals surface area contributed by atoms with Gasteiger partial charge in [-0.3, -0.25) is 34.1 Å². The average molecular weight is 928 g/mol. The molecule has 5 fully saturated rings. The number of carbonyl (C=O) groups excluding carboxylic acids is 4. The van der Waals surface area contributed by atoms with Crippen LogP contribution in [0, 0.1) is 16.7 Å². The molecule has 1 spiro atoms. The monoisotopic (exact) mass is 928 g/mol. The number of nitrogens with one attached hydrogen (secondary N) is 2. The van der Waals surface area contributed by atoms with E-state index in [4.69, 9.17) is 19.2 Å². The van der Waals surface area contributed by atoms with Gasteiger partial charge in [0.15, 0.2) is 6.10 Å². The number of methoxy groups -OCH3 is 1. The van der Waals surface area contributed by atoms with E-state index >= 15 is 4.79 Å². The van der Waals surface area contributed by atoms with E-state index < -0.39 is 23.5 Å². The number of rotatable bonds is 9. The maximum Gasteiger partial charge on any atom is 0.324 e. The summed E-state index contributed by atoms with van der Waals surface area (Å²) in [5, 5.41) is 6.01. The summed E-state index contributed by atoms with van der Waals surface area (Å²) in [6.07, 6.45) is 9.24. The lowest BCUT2D eigenvalue weighted by atomic mass is 9.84. The van der Waals surface area contributed by atoms with E-state index in [1.165, 1.54) is 0 Å². The fourth-order valence-electron chi connectivity index (χ4n) is 12.3. The average Bonchev–Trinajstić information content (AvgIpc) is 3.60. The highest BCUT2D eigenvalue weighted by Gasteiger charge is 2.51. The van der Waals surface area contributed by atoms with Crippen LogP contribution in [0.1, 0.15) is 102 Å². The molecule has 4 aromatic rings. The predicted molar refractivity (Wildman–Crippen MR) is 259 cm³/mol. The number of pyridine rings is 1. The van der Waals surface area contributed by atoms with Gasteiger partial charge in [0.05, 0.1) is 36.7 Å². The number of hydrazine groups is 1. The van der Waals surface area contributed by atoms with Crippen LogP contribution in [0.4, 0.5) is 0 Å². The summed E-state index contributed by atoms with van der Waals surface area (Å²) in [6.45, 7) is 13.2. The van der Waals surface area contributed by atoms with Gasteiger partial charge in [0, 0.05) is 79.7 Å². The summed E-state index contributed by atoms with van der Waals surface area (Å²) < 4.78 is 19.8. The number of likely N-dealkylation sites (tertiary alicyclic amines) is 2. The Morgan fingerprint density at radius 3 is 2.54 bits per heavy atom. The van der Waals surface area contributed by atoms with Crippen LogP contribution >= 0.6 is 0 Å². The number of fused-ring (bicyclic) bond motifs is 6. The van der Waals surface area contributed by atoms with Crippen molar-refractivity contribution in [3.8, 4) is 22.4 Å². The van der Waals surface area contributed by atoms with Crippen LogP contribution in [0.5, 0.6) is 0 Å². The first-order valence-corrected chi connectivity index (χ1v) is 25.3. The number of benzene rings is 2. The first-order valence-electron chi connectivity index (χ1n) is 25.3. The quantitative estimate of drug-likeness (QED) is 0.138. The first kappa shape index (κ1) is 46.6. The van der Waals surface area contributed by atoms with Crippen molar-refractivity contribution in [2.75, 3.05) is 53.0 Å². The summed E-state index contributed by atoms with van der Waals surface area (Å²) in [4.78, 5) is 66.2. The van der Waals surface area contributed by atoms with E-state index in [2.05, 4.69) is 77.4 Å². The van der Waals surface area contributed by atoms with Crippen molar-refractivity contribution in [3.05, 3.63) is 77.6 Å².